The van der Waals surface area contributed by atoms with Crippen molar-refractivity contribution in [2.24, 2.45) is 0 Å². The molecule has 4 heteroatoms. The second-order valence-corrected chi connectivity index (χ2v) is 15.4. The van der Waals surface area contributed by atoms with E-state index in [4.69, 9.17) is 15.4 Å². The van der Waals surface area contributed by atoms with Crippen molar-refractivity contribution in [2.75, 3.05) is 0 Å². The van der Waals surface area contributed by atoms with E-state index in [-0.39, 0.29) is 5.41 Å². The highest BCUT2D eigenvalue weighted by Crippen LogP contribution is 2.49. The van der Waals surface area contributed by atoms with Gasteiger partial charge in [-0.3, -0.25) is 0 Å². The standard InChI is InChI=1S/C54H40N4/c1-54(2)46-25-15-14-22-41(46)42-31-30-40(32-47(42)54)49-33-48(56-53(57-49)39-20-10-5-11-21-39)36-26-28-37(29-27-36)50-43-23-12-13-24-44(43)52(45(34-55)35-16-6-3-7-17-35)58-51(50)38-18-8-4-9-19-38/h3-34,55,58H,1-2H3/b52-45+,55-34?. The SMILES string of the molecule is CC1(C)c2ccccc2-c2ccc(-c3cc(-c4ccc(C5=C(c6ccccc6)N/C(=C(\C=N)c6ccccc6)c6ccccc65)cc4)nc(-c4ccccc4)n3)cc21. The minimum Gasteiger partial charge on any atom is -0.353 e. The van der Waals surface area contributed by atoms with Crippen molar-refractivity contribution < 1.29 is 0 Å². The molecular weight excluding hydrogens is 705 g/mol. The molecule has 1 aromatic heterocycles. The van der Waals surface area contributed by atoms with E-state index in [1.807, 2.05) is 42.5 Å². The largest absolute Gasteiger partial charge is 0.353 e. The first-order valence-electron chi connectivity index (χ1n) is 19.7. The summed E-state index contributed by atoms with van der Waals surface area (Å²) < 4.78 is 0. The Balaban J connectivity index is 1.10. The molecule has 10 rings (SSSR count). The van der Waals surface area contributed by atoms with E-state index in [0.717, 1.165) is 78.4 Å². The Morgan fingerprint density at radius 2 is 1.02 bits per heavy atom. The van der Waals surface area contributed by atoms with Crippen molar-refractivity contribution in [1.82, 2.24) is 15.3 Å². The van der Waals surface area contributed by atoms with Gasteiger partial charge in [0, 0.05) is 45.0 Å². The second-order valence-electron chi connectivity index (χ2n) is 15.4. The van der Waals surface area contributed by atoms with Crippen LogP contribution < -0.4 is 5.32 Å². The van der Waals surface area contributed by atoms with E-state index in [0.29, 0.717) is 5.82 Å². The van der Waals surface area contributed by atoms with Crippen LogP contribution in [0.25, 0.3) is 67.6 Å². The molecule has 0 saturated heterocycles. The summed E-state index contributed by atoms with van der Waals surface area (Å²) >= 11 is 0. The molecule has 2 heterocycles. The summed E-state index contributed by atoms with van der Waals surface area (Å²) in [5.74, 6) is 0.694. The van der Waals surface area contributed by atoms with Crippen LogP contribution in [0.15, 0.2) is 188 Å². The molecule has 276 valence electrons. The molecular formula is C54H40N4. The van der Waals surface area contributed by atoms with E-state index in [1.54, 1.807) is 0 Å². The van der Waals surface area contributed by atoms with E-state index in [9.17, 15) is 0 Å². The Morgan fingerprint density at radius 1 is 0.483 bits per heavy atom. The van der Waals surface area contributed by atoms with Crippen molar-refractivity contribution in [1.29, 1.82) is 5.41 Å². The maximum Gasteiger partial charge on any atom is 0.160 e. The van der Waals surface area contributed by atoms with Crippen LogP contribution in [0, 0.1) is 5.41 Å². The van der Waals surface area contributed by atoms with Crippen LogP contribution in [0.5, 0.6) is 0 Å². The van der Waals surface area contributed by atoms with Crippen LogP contribution in [-0.4, -0.2) is 16.2 Å². The molecule has 2 aliphatic rings. The fourth-order valence-corrected chi connectivity index (χ4v) is 8.69. The van der Waals surface area contributed by atoms with E-state index < -0.39 is 0 Å². The van der Waals surface area contributed by atoms with Gasteiger partial charge in [0.05, 0.1) is 22.8 Å². The summed E-state index contributed by atoms with van der Waals surface area (Å²) in [7, 11) is 0. The molecule has 8 aromatic rings. The van der Waals surface area contributed by atoms with Gasteiger partial charge in [-0.25, -0.2) is 9.97 Å². The molecule has 0 spiro atoms. The second kappa shape index (κ2) is 14.3. The van der Waals surface area contributed by atoms with Gasteiger partial charge in [-0.15, -0.1) is 0 Å². The summed E-state index contributed by atoms with van der Waals surface area (Å²) in [5.41, 5.74) is 19.1. The van der Waals surface area contributed by atoms with Gasteiger partial charge in [0.25, 0.3) is 0 Å². The van der Waals surface area contributed by atoms with Crippen molar-refractivity contribution in [2.45, 2.75) is 19.3 Å². The molecule has 1 aliphatic heterocycles. The lowest BCUT2D eigenvalue weighted by molar-refractivity contribution is 0.660. The molecule has 0 unspecified atom stereocenters. The average molecular weight is 745 g/mol. The number of nitrogens with one attached hydrogen (secondary N) is 2. The lowest BCUT2D eigenvalue weighted by Crippen LogP contribution is -2.21. The summed E-state index contributed by atoms with van der Waals surface area (Å²) in [6, 6.07) is 65.8. The molecule has 58 heavy (non-hydrogen) atoms. The third-order valence-electron chi connectivity index (χ3n) is 11.6. The number of benzene rings is 7. The Labute approximate surface area is 339 Å². The number of fused-ring (bicyclic) bond motifs is 4. The fourth-order valence-electron chi connectivity index (χ4n) is 8.69. The van der Waals surface area contributed by atoms with Gasteiger partial charge in [-0.05, 0) is 56.6 Å². The zero-order chi connectivity index (χ0) is 39.2. The molecule has 1 aliphatic carbocycles. The van der Waals surface area contributed by atoms with E-state index in [2.05, 4.69) is 165 Å². The van der Waals surface area contributed by atoms with Crippen LogP contribution in [0.4, 0.5) is 0 Å². The quantitative estimate of drug-likeness (QED) is 0.160. The molecule has 0 amide bonds. The van der Waals surface area contributed by atoms with Crippen LogP contribution in [0.1, 0.15) is 52.8 Å². The zero-order valence-electron chi connectivity index (χ0n) is 32.4. The number of hydrogen-bond acceptors (Lipinski definition) is 4. The van der Waals surface area contributed by atoms with Gasteiger partial charge >= 0.3 is 0 Å². The number of hydrogen-bond donors (Lipinski definition) is 2. The minimum absolute atomic E-state index is 0.116. The maximum atomic E-state index is 8.53. The molecule has 0 fully saturated rings. The summed E-state index contributed by atoms with van der Waals surface area (Å²) in [5, 5.41) is 12.4. The summed E-state index contributed by atoms with van der Waals surface area (Å²) in [6.07, 6.45) is 1.46. The molecule has 0 saturated carbocycles. The number of allylic oxidation sites excluding steroid dienone is 1. The number of nitrogens with zero attached hydrogens (tertiary/aromatic N) is 2. The number of rotatable bonds is 7. The lowest BCUT2D eigenvalue weighted by atomic mass is 9.82. The van der Waals surface area contributed by atoms with Crippen LogP contribution >= 0.6 is 0 Å². The Kier molecular flexibility index (Phi) is 8.61. The highest BCUT2D eigenvalue weighted by Gasteiger charge is 2.35. The van der Waals surface area contributed by atoms with Gasteiger partial charge < -0.3 is 10.7 Å². The van der Waals surface area contributed by atoms with Crippen LogP contribution in [0.3, 0.4) is 0 Å². The zero-order valence-corrected chi connectivity index (χ0v) is 32.4. The molecule has 0 radical (unpaired) electrons. The average Bonchev–Trinajstić information content (AvgIpc) is 3.52. The van der Waals surface area contributed by atoms with Crippen molar-refractivity contribution in [3.05, 3.63) is 227 Å². The molecule has 4 nitrogen and oxygen atoms in total. The van der Waals surface area contributed by atoms with Crippen molar-refractivity contribution in [3.63, 3.8) is 0 Å². The fraction of sp³-hybridized carbons (Fsp3) is 0.0556. The molecule has 2 N–H and O–H groups in total. The van der Waals surface area contributed by atoms with Crippen molar-refractivity contribution >= 4 is 28.8 Å². The predicted octanol–water partition coefficient (Wildman–Crippen LogP) is 12.8. The normalized spacial score (nSPS) is 14.5. The van der Waals surface area contributed by atoms with Gasteiger partial charge in [0.15, 0.2) is 5.82 Å². The first-order chi connectivity index (χ1) is 28.5. The van der Waals surface area contributed by atoms with Gasteiger partial charge in [-0.2, -0.15) is 0 Å². The van der Waals surface area contributed by atoms with Crippen LogP contribution in [-0.2, 0) is 5.41 Å². The topological polar surface area (TPSA) is 61.7 Å². The Morgan fingerprint density at radius 3 is 1.71 bits per heavy atom. The highest BCUT2D eigenvalue weighted by molar-refractivity contribution is 6.21. The highest BCUT2D eigenvalue weighted by atomic mass is 14.9. The lowest BCUT2D eigenvalue weighted by Gasteiger charge is -2.29. The molecule has 0 bridgehead atoms. The summed E-state index contributed by atoms with van der Waals surface area (Å²) in [4.78, 5) is 10.4. The van der Waals surface area contributed by atoms with Gasteiger partial charge in [0.1, 0.15) is 0 Å². The smallest absolute Gasteiger partial charge is 0.160 e. The van der Waals surface area contributed by atoms with Crippen LogP contribution in [0.2, 0.25) is 0 Å². The predicted molar refractivity (Wildman–Crippen MR) is 240 cm³/mol. The Hall–Kier alpha value is -7.43. The minimum atomic E-state index is -0.116. The third kappa shape index (κ3) is 5.98. The Bertz CT molecular complexity index is 2920. The van der Waals surface area contributed by atoms with Gasteiger partial charge in [-0.1, -0.05) is 190 Å². The third-order valence-corrected chi connectivity index (χ3v) is 11.6. The molecule has 7 aromatic carbocycles. The van der Waals surface area contributed by atoms with E-state index >= 15 is 0 Å². The number of aromatic nitrogens is 2. The maximum absolute atomic E-state index is 8.53. The van der Waals surface area contributed by atoms with E-state index in [1.165, 1.54) is 28.5 Å². The van der Waals surface area contributed by atoms with Crippen molar-refractivity contribution in [3.8, 4) is 45.0 Å². The monoisotopic (exact) mass is 744 g/mol. The first kappa shape index (κ1) is 35.0. The van der Waals surface area contributed by atoms with Gasteiger partial charge in [0.2, 0.25) is 0 Å². The molecule has 0 atom stereocenters. The first-order valence-corrected chi connectivity index (χ1v) is 19.7. The summed E-state index contributed by atoms with van der Waals surface area (Å²) in [6.45, 7) is 4.63.